The van der Waals surface area contributed by atoms with Crippen LogP contribution in [0.5, 0.6) is 0 Å². The third-order valence-electron chi connectivity index (χ3n) is 0.203. The van der Waals surface area contributed by atoms with Crippen LogP contribution in [0, 0.1) is 0 Å². The monoisotopic (exact) mass is 336 g/mol. The molecule has 0 radical (unpaired) electrons. The summed E-state index contributed by atoms with van der Waals surface area (Å²) in [6.45, 7) is 0. The molecule has 0 aliphatic heterocycles. The van der Waals surface area contributed by atoms with E-state index in [1.807, 2.05) is 0 Å². The molecule has 0 aromatic carbocycles. The Hall–Kier alpha value is 2.83. The fourth-order valence-electron chi connectivity index (χ4n) is 0.126. The van der Waals surface area contributed by atoms with E-state index in [0.717, 1.165) is 0 Å². The van der Waals surface area contributed by atoms with Crippen LogP contribution < -0.4 is 44.2 Å². The van der Waals surface area contributed by atoms with Crippen LogP contribution in [0.2, 0.25) is 0 Å². The second-order valence-corrected chi connectivity index (χ2v) is 3.48. The van der Waals surface area contributed by atoms with Crippen molar-refractivity contribution < 1.29 is 62.6 Å². The SMILES string of the molecule is O=P([O-])([O-])OP(=O)([O-])O.[Ba+2].[Na+]. The molecule has 0 aromatic heterocycles. The van der Waals surface area contributed by atoms with E-state index in [2.05, 4.69) is 4.31 Å². The van der Waals surface area contributed by atoms with E-state index in [1.165, 1.54) is 0 Å². The Morgan fingerprint density at radius 3 is 1.45 bits per heavy atom. The molecule has 0 saturated heterocycles. The quantitative estimate of drug-likeness (QED) is 0.392. The third kappa shape index (κ3) is 19.3. The van der Waals surface area contributed by atoms with Crippen LogP contribution in [0.1, 0.15) is 0 Å². The fraction of sp³-hybridized carbons (Fsp3) is 0. The summed E-state index contributed by atoms with van der Waals surface area (Å²) in [5, 5.41) is 0. The van der Waals surface area contributed by atoms with E-state index in [1.54, 1.807) is 0 Å². The average molecular weight is 335 g/mol. The minimum atomic E-state index is -5.61. The van der Waals surface area contributed by atoms with Crippen molar-refractivity contribution in [3.05, 3.63) is 0 Å². The Morgan fingerprint density at radius 2 is 1.45 bits per heavy atom. The van der Waals surface area contributed by atoms with E-state index in [4.69, 9.17) is 4.89 Å². The molecular weight excluding hydrogens is 334 g/mol. The molecule has 0 bridgehead atoms. The molecular formula is HBaNaO7P2. The molecule has 0 rings (SSSR count). The molecule has 0 saturated carbocycles. The van der Waals surface area contributed by atoms with Gasteiger partial charge in [-0.05, 0) is 0 Å². The van der Waals surface area contributed by atoms with Crippen molar-refractivity contribution >= 4 is 64.5 Å². The normalized spacial score (nSPS) is 15.6. The maximum atomic E-state index is 9.44. The maximum absolute atomic E-state index is 9.44. The Kier molecular flexibility index (Phi) is 12.6. The molecule has 0 aliphatic carbocycles. The number of hydrogen-bond donors (Lipinski definition) is 1. The molecule has 1 N–H and O–H groups in total. The predicted molar refractivity (Wildman–Crippen MR) is 24.3 cm³/mol. The molecule has 11 heavy (non-hydrogen) atoms. The van der Waals surface area contributed by atoms with Crippen molar-refractivity contribution in [3.8, 4) is 0 Å². The zero-order valence-electron chi connectivity index (χ0n) is 5.50. The largest absolute Gasteiger partial charge is 2.00 e. The second kappa shape index (κ2) is 7.17. The Labute approximate surface area is 125 Å². The first kappa shape index (κ1) is 19.4. The van der Waals surface area contributed by atoms with Gasteiger partial charge < -0.3 is 24.1 Å². The van der Waals surface area contributed by atoms with E-state index in [0.29, 0.717) is 0 Å². The minimum Gasteiger partial charge on any atom is -0.790 e. The van der Waals surface area contributed by atoms with E-state index in [-0.39, 0.29) is 78.4 Å². The van der Waals surface area contributed by atoms with Crippen LogP contribution in [0.3, 0.4) is 0 Å². The predicted octanol–water partition coefficient (Wildman–Crippen LogP) is -6.08. The minimum absolute atomic E-state index is 0. The first-order chi connectivity index (χ1) is 3.71. The summed E-state index contributed by atoms with van der Waals surface area (Å²) in [6, 6.07) is 0. The number of phosphoric acid groups is 2. The molecule has 1 unspecified atom stereocenters. The molecule has 0 amide bonds. The molecule has 1 atom stereocenters. The summed E-state index contributed by atoms with van der Waals surface area (Å²) in [6.07, 6.45) is 0. The molecule has 0 fully saturated rings. The first-order valence-corrected chi connectivity index (χ1v) is 4.43. The summed E-state index contributed by atoms with van der Waals surface area (Å²) >= 11 is 0. The summed E-state index contributed by atoms with van der Waals surface area (Å²) in [5.74, 6) is 0. The third-order valence-corrected chi connectivity index (χ3v) is 1.83. The van der Waals surface area contributed by atoms with Crippen LogP contribution in [-0.4, -0.2) is 53.8 Å². The van der Waals surface area contributed by atoms with Crippen LogP contribution in [0.25, 0.3) is 0 Å². The van der Waals surface area contributed by atoms with Crippen molar-refractivity contribution in [1.29, 1.82) is 0 Å². The van der Waals surface area contributed by atoms with Crippen molar-refractivity contribution in [3.63, 3.8) is 0 Å². The topological polar surface area (TPSA) is 133 Å². The van der Waals surface area contributed by atoms with Gasteiger partial charge in [-0.2, -0.15) is 0 Å². The molecule has 0 aliphatic rings. The number of hydrogen-bond acceptors (Lipinski definition) is 6. The van der Waals surface area contributed by atoms with Crippen molar-refractivity contribution in [2.45, 2.75) is 0 Å². The van der Waals surface area contributed by atoms with Gasteiger partial charge in [-0.1, -0.05) is 0 Å². The van der Waals surface area contributed by atoms with Gasteiger partial charge in [-0.3, -0.25) is 8.88 Å². The molecule has 11 heteroatoms. The van der Waals surface area contributed by atoms with E-state index in [9.17, 15) is 23.8 Å². The summed E-state index contributed by atoms with van der Waals surface area (Å²) in [5.41, 5.74) is 0. The van der Waals surface area contributed by atoms with Gasteiger partial charge in [0.05, 0.1) is 7.82 Å². The molecule has 56 valence electrons. The van der Waals surface area contributed by atoms with Crippen LogP contribution in [0.15, 0.2) is 0 Å². The van der Waals surface area contributed by atoms with Gasteiger partial charge in [0.15, 0.2) is 0 Å². The van der Waals surface area contributed by atoms with Gasteiger partial charge in [-0.25, -0.2) is 0 Å². The second-order valence-electron chi connectivity index (χ2n) is 0.997. The van der Waals surface area contributed by atoms with Gasteiger partial charge in [0, 0.05) is 0 Å². The Bertz CT molecular complexity index is 157. The standard InChI is InChI=1S/Ba.Na.H4O7P2/c;;1-8(2,3)7-9(4,5)6/h;;(H2,1,2,3)(H2,4,5,6)/q+2;+1;/p-3. The molecule has 0 spiro atoms. The van der Waals surface area contributed by atoms with Crippen molar-refractivity contribution in [1.82, 2.24) is 0 Å². The van der Waals surface area contributed by atoms with Crippen molar-refractivity contribution in [2.75, 3.05) is 0 Å². The maximum Gasteiger partial charge on any atom is 2.00 e. The average Bonchev–Trinajstić information content (AvgIpc) is 1.14. The van der Waals surface area contributed by atoms with Crippen LogP contribution in [-0.2, 0) is 13.4 Å². The van der Waals surface area contributed by atoms with Gasteiger partial charge in [0.2, 0.25) is 0 Å². The first-order valence-electron chi connectivity index (χ1n) is 1.48. The summed E-state index contributed by atoms with van der Waals surface area (Å²) < 4.78 is 21.4. The van der Waals surface area contributed by atoms with Gasteiger partial charge >= 0.3 is 78.4 Å². The van der Waals surface area contributed by atoms with E-state index < -0.39 is 15.6 Å². The molecule has 0 aromatic rings. The van der Waals surface area contributed by atoms with Crippen LogP contribution >= 0.6 is 15.6 Å². The summed E-state index contributed by atoms with van der Waals surface area (Å²) in [4.78, 5) is 35.7. The zero-order chi connectivity index (χ0) is 7.71. The van der Waals surface area contributed by atoms with Crippen LogP contribution in [0.4, 0.5) is 0 Å². The van der Waals surface area contributed by atoms with Gasteiger partial charge in [0.25, 0.3) is 7.82 Å². The Morgan fingerprint density at radius 1 is 1.18 bits per heavy atom. The molecule has 7 nitrogen and oxygen atoms in total. The van der Waals surface area contributed by atoms with Gasteiger partial charge in [0.1, 0.15) is 0 Å². The van der Waals surface area contributed by atoms with Gasteiger partial charge in [-0.15, -0.1) is 0 Å². The fourth-order valence-corrected chi connectivity index (χ4v) is 1.14. The van der Waals surface area contributed by atoms with E-state index >= 15 is 0 Å². The van der Waals surface area contributed by atoms with Crippen molar-refractivity contribution in [2.24, 2.45) is 0 Å². The molecule has 0 heterocycles. The zero-order valence-corrected chi connectivity index (χ0v) is 13.7. The number of rotatable bonds is 2. The Balaban J connectivity index is -0.000000320. The summed E-state index contributed by atoms with van der Waals surface area (Å²) in [7, 11) is -11.0. The smallest absolute Gasteiger partial charge is 0.790 e.